The number of nitro groups is 2. The molecule has 0 fully saturated rings. The first-order valence-corrected chi connectivity index (χ1v) is 3.56. The van der Waals surface area contributed by atoms with Gasteiger partial charge in [-0.2, -0.15) is 0 Å². The van der Waals surface area contributed by atoms with E-state index in [4.69, 9.17) is 0 Å². The molecule has 0 bridgehead atoms. The third-order valence-electron chi connectivity index (χ3n) is 1.67. The first kappa shape index (κ1) is 13.8. The largest absolute Gasteiger partial charge is 0.502 e. The predicted octanol–water partition coefficient (Wildman–Crippen LogP) is 1.14. The fourth-order valence-electron chi connectivity index (χ4n) is 0.987. The van der Waals surface area contributed by atoms with E-state index >= 15 is 0 Å². The Hall–Kier alpha value is -1.18. The van der Waals surface area contributed by atoms with Gasteiger partial charge in [-0.15, -0.1) is 0 Å². The third kappa shape index (κ3) is 2.88. The van der Waals surface area contributed by atoms with Crippen LogP contribution in [0.1, 0.15) is 5.56 Å². The smallest absolute Gasteiger partial charge is 0.317 e. The molecule has 1 aromatic rings. The topological polar surface area (TPSA) is 107 Å². The van der Waals surface area contributed by atoms with Gasteiger partial charge < -0.3 is 5.11 Å². The minimum Gasteiger partial charge on any atom is -0.502 e. The van der Waals surface area contributed by atoms with Crippen molar-refractivity contribution in [2.75, 3.05) is 0 Å². The Bertz CT molecular complexity index is 420. The number of non-ortho nitro benzene ring substituents is 1. The fourth-order valence-corrected chi connectivity index (χ4v) is 0.987. The number of hydrogen-bond donors (Lipinski definition) is 1. The Morgan fingerprint density at radius 2 is 1.73 bits per heavy atom. The number of nitro benzene ring substituents is 2. The molecule has 0 aromatic heterocycles. The van der Waals surface area contributed by atoms with Crippen LogP contribution in [0.15, 0.2) is 12.1 Å². The van der Waals surface area contributed by atoms with Crippen molar-refractivity contribution in [1.29, 1.82) is 0 Å². The Morgan fingerprint density at radius 3 is 2.13 bits per heavy atom. The van der Waals surface area contributed by atoms with Crippen LogP contribution in [0.2, 0.25) is 0 Å². The summed E-state index contributed by atoms with van der Waals surface area (Å²) < 4.78 is 0. The number of rotatable bonds is 2. The number of phenolic OH excluding ortho intramolecular Hbond substituents is 1. The number of hydrogen-bond acceptors (Lipinski definition) is 5. The van der Waals surface area contributed by atoms with E-state index in [9.17, 15) is 25.3 Å². The monoisotopic (exact) mass is 221 g/mol. The molecule has 1 N–H and O–H groups in total. The summed E-state index contributed by atoms with van der Waals surface area (Å²) in [7, 11) is 0. The Labute approximate surface area is 106 Å². The molecule has 0 aliphatic rings. The van der Waals surface area contributed by atoms with Crippen molar-refractivity contribution in [1.82, 2.24) is 0 Å². The van der Waals surface area contributed by atoms with Crippen LogP contribution in [0.4, 0.5) is 11.4 Å². The number of benzene rings is 1. The maximum atomic E-state index is 10.4. The van der Waals surface area contributed by atoms with Crippen molar-refractivity contribution < 1.29 is 15.0 Å². The van der Waals surface area contributed by atoms with E-state index in [1.807, 2.05) is 0 Å². The van der Waals surface area contributed by atoms with Crippen LogP contribution in [0.25, 0.3) is 0 Å². The summed E-state index contributed by atoms with van der Waals surface area (Å²) >= 11 is 0. The summed E-state index contributed by atoms with van der Waals surface area (Å²) in [6.07, 6.45) is 0. The van der Waals surface area contributed by atoms with Crippen molar-refractivity contribution >= 4 is 40.9 Å². The van der Waals surface area contributed by atoms with Gasteiger partial charge in [0, 0.05) is 41.2 Å². The number of aromatic hydroxyl groups is 1. The molecule has 0 saturated heterocycles. The molecule has 0 saturated carbocycles. The molecular weight excluding hydrogens is 215 g/mol. The molecule has 0 atom stereocenters. The van der Waals surface area contributed by atoms with E-state index in [2.05, 4.69) is 0 Å². The predicted molar refractivity (Wildman–Crippen MR) is 51.9 cm³/mol. The van der Waals surface area contributed by atoms with Gasteiger partial charge in [0.2, 0.25) is 0 Å². The summed E-state index contributed by atoms with van der Waals surface area (Å²) in [4.78, 5) is 19.1. The molecule has 0 spiro atoms. The molecule has 7 nitrogen and oxygen atoms in total. The second-order valence-corrected chi connectivity index (χ2v) is 2.64. The molecule has 15 heavy (non-hydrogen) atoms. The molecule has 0 heterocycles. The minimum atomic E-state index is -0.866. The van der Waals surface area contributed by atoms with Crippen molar-refractivity contribution in [3.63, 3.8) is 0 Å². The van der Waals surface area contributed by atoms with Crippen LogP contribution >= 0.6 is 0 Å². The van der Waals surface area contributed by atoms with E-state index in [-0.39, 0.29) is 35.1 Å². The Balaban J connectivity index is 0.00000196. The van der Waals surface area contributed by atoms with Gasteiger partial charge in [0.15, 0.2) is 5.75 Å². The fraction of sp³-hybridized carbons (Fsp3) is 0.143. The van der Waals surface area contributed by atoms with Gasteiger partial charge in [-0.05, 0) is 6.92 Å². The van der Waals surface area contributed by atoms with Gasteiger partial charge in [0.1, 0.15) is 0 Å². The standard InChI is InChI=1S/C7H6N2O5.Na/c1-4-2-5(8(11)12)3-6(7(4)10)9(13)14;/h2-3,10H,1H3;. The molecule has 8 heteroatoms. The van der Waals surface area contributed by atoms with Crippen molar-refractivity contribution in [3.05, 3.63) is 37.9 Å². The van der Waals surface area contributed by atoms with Gasteiger partial charge in [0.25, 0.3) is 5.69 Å². The number of nitrogens with zero attached hydrogens (tertiary/aromatic N) is 2. The van der Waals surface area contributed by atoms with E-state index in [1.165, 1.54) is 6.92 Å². The number of phenols is 1. The molecule has 1 rings (SSSR count). The molecule has 1 aromatic carbocycles. The maximum Gasteiger partial charge on any atom is 0.317 e. The maximum absolute atomic E-state index is 10.4. The summed E-state index contributed by atoms with van der Waals surface area (Å²) in [6, 6.07) is 1.80. The average molecular weight is 221 g/mol. The Morgan fingerprint density at radius 1 is 1.20 bits per heavy atom. The third-order valence-corrected chi connectivity index (χ3v) is 1.67. The summed E-state index contributed by atoms with van der Waals surface area (Å²) in [5.41, 5.74) is -0.963. The van der Waals surface area contributed by atoms with Gasteiger partial charge in [-0.1, -0.05) is 0 Å². The summed E-state index contributed by atoms with van der Waals surface area (Å²) in [5, 5.41) is 29.9. The zero-order chi connectivity index (χ0) is 10.9. The van der Waals surface area contributed by atoms with E-state index in [0.717, 1.165) is 12.1 Å². The molecule has 0 aliphatic carbocycles. The summed E-state index contributed by atoms with van der Waals surface area (Å²) in [5.74, 6) is -0.541. The molecule has 1 radical (unpaired) electrons. The van der Waals surface area contributed by atoms with Crippen molar-refractivity contribution in [2.24, 2.45) is 0 Å². The molecular formula is C7H6N2NaO5. The second-order valence-electron chi connectivity index (χ2n) is 2.64. The molecule has 0 unspecified atom stereocenters. The normalized spacial score (nSPS) is 9.13. The van der Waals surface area contributed by atoms with Crippen LogP contribution in [0.5, 0.6) is 5.75 Å². The van der Waals surface area contributed by atoms with Crippen molar-refractivity contribution in [2.45, 2.75) is 6.92 Å². The number of aryl methyl sites for hydroxylation is 1. The van der Waals surface area contributed by atoms with E-state index < -0.39 is 27.0 Å². The van der Waals surface area contributed by atoms with Gasteiger partial charge in [-0.25, -0.2) is 0 Å². The van der Waals surface area contributed by atoms with Crippen LogP contribution < -0.4 is 0 Å². The van der Waals surface area contributed by atoms with Crippen molar-refractivity contribution in [3.8, 4) is 5.75 Å². The molecule has 0 aliphatic heterocycles. The van der Waals surface area contributed by atoms with Crippen LogP contribution in [0, 0.1) is 27.2 Å². The van der Waals surface area contributed by atoms with Gasteiger partial charge in [0.05, 0.1) is 15.9 Å². The average Bonchev–Trinajstić information content (AvgIpc) is 2.08. The zero-order valence-electron chi connectivity index (χ0n) is 8.13. The minimum absolute atomic E-state index is 0. The van der Waals surface area contributed by atoms with E-state index in [0.29, 0.717) is 0 Å². The van der Waals surface area contributed by atoms with E-state index in [1.54, 1.807) is 0 Å². The van der Waals surface area contributed by atoms with Gasteiger partial charge >= 0.3 is 5.69 Å². The van der Waals surface area contributed by atoms with Crippen LogP contribution in [0.3, 0.4) is 0 Å². The Kier molecular flexibility index (Phi) is 4.66. The SMILES string of the molecule is Cc1cc([N+](=O)[O-])cc([N+](=O)[O-])c1O.[Na]. The molecule has 75 valence electrons. The van der Waals surface area contributed by atoms with Gasteiger partial charge in [-0.3, -0.25) is 20.2 Å². The van der Waals surface area contributed by atoms with Crippen LogP contribution in [-0.4, -0.2) is 44.5 Å². The second kappa shape index (κ2) is 5.06. The van der Waals surface area contributed by atoms with Crippen LogP contribution in [-0.2, 0) is 0 Å². The first-order chi connectivity index (χ1) is 6.43. The zero-order valence-corrected chi connectivity index (χ0v) is 10.1. The molecule has 0 amide bonds. The quantitative estimate of drug-likeness (QED) is 0.457. The first-order valence-electron chi connectivity index (χ1n) is 3.56. The summed E-state index contributed by atoms with van der Waals surface area (Å²) in [6.45, 7) is 1.36.